The van der Waals surface area contributed by atoms with Crippen LogP contribution in [0.1, 0.15) is 25.5 Å². The van der Waals surface area contributed by atoms with Crippen LogP contribution in [0.5, 0.6) is 0 Å². The van der Waals surface area contributed by atoms with Crippen LogP contribution in [-0.4, -0.2) is 15.8 Å². The molecular formula is C12H14N2O2. The molecule has 1 atom stereocenters. The van der Waals surface area contributed by atoms with Gasteiger partial charge in [0.1, 0.15) is 5.60 Å². The molecular weight excluding hydrogens is 204 g/mol. The Labute approximate surface area is 95.0 Å². The van der Waals surface area contributed by atoms with E-state index < -0.39 is 11.7 Å². The first-order valence-corrected chi connectivity index (χ1v) is 4.67. The fourth-order valence-electron chi connectivity index (χ4n) is 0.710. The zero-order valence-corrected chi connectivity index (χ0v) is 9.25. The Kier molecular flexibility index (Phi) is 5.80. The van der Waals surface area contributed by atoms with E-state index in [2.05, 4.69) is 0 Å². The van der Waals surface area contributed by atoms with Gasteiger partial charge in [-0.25, -0.2) is 0 Å². The zero-order chi connectivity index (χ0) is 12.6. The first kappa shape index (κ1) is 14.1. The van der Waals surface area contributed by atoms with Crippen LogP contribution in [-0.2, 0) is 0 Å². The average Bonchev–Trinajstić information content (AvgIpc) is 2.29. The normalized spacial score (nSPS) is 11.4. The summed E-state index contributed by atoms with van der Waals surface area (Å²) in [6, 6.07) is 12.2. The van der Waals surface area contributed by atoms with Gasteiger partial charge in [-0.2, -0.15) is 10.5 Å². The highest BCUT2D eigenvalue weighted by atomic mass is 16.3. The van der Waals surface area contributed by atoms with E-state index in [1.54, 1.807) is 36.4 Å². The summed E-state index contributed by atoms with van der Waals surface area (Å²) < 4.78 is 0. The monoisotopic (exact) mass is 218 g/mol. The van der Waals surface area contributed by atoms with Crippen LogP contribution in [0.25, 0.3) is 0 Å². The second-order valence-corrected chi connectivity index (χ2v) is 3.61. The number of rotatable bonds is 1. The highest BCUT2D eigenvalue weighted by Crippen LogP contribution is 2.09. The molecule has 0 heterocycles. The lowest BCUT2D eigenvalue weighted by Gasteiger charge is -2.00. The van der Waals surface area contributed by atoms with Crippen molar-refractivity contribution in [2.45, 2.75) is 25.6 Å². The molecule has 4 heteroatoms. The van der Waals surface area contributed by atoms with Gasteiger partial charge in [0.15, 0.2) is 6.10 Å². The van der Waals surface area contributed by atoms with Crippen molar-refractivity contribution in [1.82, 2.24) is 0 Å². The fourth-order valence-corrected chi connectivity index (χ4v) is 0.710. The largest absolute Gasteiger partial charge is 0.376 e. The zero-order valence-electron chi connectivity index (χ0n) is 9.25. The molecule has 0 saturated heterocycles. The van der Waals surface area contributed by atoms with Gasteiger partial charge >= 0.3 is 0 Å². The van der Waals surface area contributed by atoms with Gasteiger partial charge in [-0.1, -0.05) is 30.3 Å². The first-order valence-electron chi connectivity index (χ1n) is 4.67. The van der Waals surface area contributed by atoms with Crippen LogP contribution in [0, 0.1) is 22.7 Å². The first-order chi connectivity index (χ1) is 7.40. The molecule has 1 aromatic rings. The van der Waals surface area contributed by atoms with E-state index in [-0.39, 0.29) is 0 Å². The highest BCUT2D eigenvalue weighted by molar-refractivity contribution is 5.21. The molecule has 0 aliphatic heterocycles. The molecule has 1 rings (SSSR count). The molecule has 2 N–H and O–H groups in total. The molecule has 84 valence electrons. The van der Waals surface area contributed by atoms with Crippen LogP contribution in [0.4, 0.5) is 0 Å². The summed E-state index contributed by atoms with van der Waals surface area (Å²) in [6.07, 6.45) is -0.985. The number of nitriles is 2. The Morgan fingerprint density at radius 3 is 1.94 bits per heavy atom. The highest BCUT2D eigenvalue weighted by Gasteiger charge is 2.07. The van der Waals surface area contributed by atoms with Crippen molar-refractivity contribution >= 4 is 0 Å². The van der Waals surface area contributed by atoms with Crippen molar-refractivity contribution in [2.24, 2.45) is 0 Å². The maximum atomic E-state index is 8.97. The molecule has 0 bridgehead atoms. The number of aliphatic hydroxyl groups is 2. The predicted molar refractivity (Wildman–Crippen MR) is 58.9 cm³/mol. The van der Waals surface area contributed by atoms with E-state index in [0.717, 1.165) is 0 Å². The van der Waals surface area contributed by atoms with Crippen LogP contribution >= 0.6 is 0 Å². The minimum atomic E-state index is -1.15. The van der Waals surface area contributed by atoms with Crippen LogP contribution < -0.4 is 0 Å². The predicted octanol–water partition coefficient (Wildman–Crippen LogP) is 1.52. The Balaban J connectivity index is 0.000000325. The maximum Gasteiger partial charge on any atom is 0.165 e. The van der Waals surface area contributed by atoms with E-state index in [1.807, 2.05) is 6.07 Å². The molecule has 0 fully saturated rings. The molecule has 16 heavy (non-hydrogen) atoms. The summed E-state index contributed by atoms with van der Waals surface area (Å²) >= 11 is 0. The van der Waals surface area contributed by atoms with E-state index >= 15 is 0 Å². The van der Waals surface area contributed by atoms with Gasteiger partial charge in [0.25, 0.3) is 0 Å². The summed E-state index contributed by atoms with van der Waals surface area (Å²) in [5.74, 6) is 0. The summed E-state index contributed by atoms with van der Waals surface area (Å²) in [6.45, 7) is 2.88. The Morgan fingerprint density at radius 2 is 1.62 bits per heavy atom. The molecule has 1 unspecified atom stereocenters. The fraction of sp³-hybridized carbons (Fsp3) is 0.333. The van der Waals surface area contributed by atoms with Crippen LogP contribution in [0.2, 0.25) is 0 Å². The van der Waals surface area contributed by atoms with Gasteiger partial charge in [-0.15, -0.1) is 0 Å². The van der Waals surface area contributed by atoms with Crippen molar-refractivity contribution in [3.8, 4) is 12.1 Å². The summed E-state index contributed by atoms with van der Waals surface area (Å²) in [7, 11) is 0. The molecule has 0 spiro atoms. The second kappa shape index (κ2) is 6.58. The number of nitrogens with zero attached hydrogens (tertiary/aromatic N) is 2. The van der Waals surface area contributed by atoms with Crippen molar-refractivity contribution < 1.29 is 10.2 Å². The van der Waals surface area contributed by atoms with Crippen LogP contribution in [0.15, 0.2) is 30.3 Å². The third-order valence-electron chi connectivity index (χ3n) is 1.51. The summed E-state index contributed by atoms with van der Waals surface area (Å²) in [5.41, 5.74) is -0.509. The van der Waals surface area contributed by atoms with E-state index in [4.69, 9.17) is 20.7 Å². The lowest BCUT2D eigenvalue weighted by atomic mass is 10.1. The number of hydrogen-bond acceptors (Lipinski definition) is 4. The maximum absolute atomic E-state index is 8.97. The molecule has 0 amide bonds. The van der Waals surface area contributed by atoms with Gasteiger partial charge in [0.05, 0.1) is 12.1 Å². The Bertz CT molecular complexity index is 382. The molecule has 0 saturated carbocycles. The molecule has 1 aromatic carbocycles. The Morgan fingerprint density at radius 1 is 1.19 bits per heavy atom. The minimum Gasteiger partial charge on any atom is -0.376 e. The third kappa shape index (κ3) is 6.56. The molecule has 4 nitrogen and oxygen atoms in total. The van der Waals surface area contributed by atoms with Crippen molar-refractivity contribution in [3.63, 3.8) is 0 Å². The second-order valence-electron chi connectivity index (χ2n) is 3.61. The van der Waals surface area contributed by atoms with Gasteiger partial charge in [0.2, 0.25) is 0 Å². The molecule has 0 aromatic heterocycles. The van der Waals surface area contributed by atoms with Crippen molar-refractivity contribution in [3.05, 3.63) is 35.9 Å². The van der Waals surface area contributed by atoms with Crippen LogP contribution in [0.3, 0.4) is 0 Å². The third-order valence-corrected chi connectivity index (χ3v) is 1.51. The smallest absolute Gasteiger partial charge is 0.165 e. The number of benzene rings is 1. The molecule has 0 radical (unpaired) electrons. The SMILES string of the molecule is CC(C)(O)C#N.N#CC(O)c1ccccc1. The van der Waals surface area contributed by atoms with Crippen molar-refractivity contribution in [1.29, 1.82) is 10.5 Å². The van der Waals surface area contributed by atoms with E-state index in [9.17, 15) is 0 Å². The van der Waals surface area contributed by atoms with Gasteiger partial charge < -0.3 is 10.2 Å². The summed E-state index contributed by atoms with van der Waals surface area (Å²) in [5, 5.41) is 33.6. The average molecular weight is 218 g/mol. The van der Waals surface area contributed by atoms with Gasteiger partial charge in [-0.05, 0) is 19.4 Å². The van der Waals surface area contributed by atoms with Crippen molar-refractivity contribution in [2.75, 3.05) is 0 Å². The lowest BCUT2D eigenvalue weighted by Crippen LogP contribution is -2.13. The topological polar surface area (TPSA) is 88.0 Å². The Hall–Kier alpha value is -1.88. The van der Waals surface area contributed by atoms with Gasteiger partial charge in [-0.3, -0.25) is 0 Å². The van der Waals surface area contributed by atoms with Gasteiger partial charge in [0, 0.05) is 0 Å². The summed E-state index contributed by atoms with van der Waals surface area (Å²) in [4.78, 5) is 0. The minimum absolute atomic E-state index is 0.644. The molecule has 0 aliphatic rings. The lowest BCUT2D eigenvalue weighted by molar-refractivity contribution is 0.141. The molecule has 0 aliphatic carbocycles. The van der Waals surface area contributed by atoms with E-state index in [1.165, 1.54) is 13.8 Å². The quantitative estimate of drug-likeness (QED) is 0.699. The standard InChI is InChI=1S/C8H7NO.C4H7NO/c9-6-8(10)7-4-2-1-3-5-7;1-4(2,6)3-5/h1-5,8,10H;6H,1-2H3. The van der Waals surface area contributed by atoms with E-state index in [0.29, 0.717) is 5.56 Å². The number of hydrogen-bond donors (Lipinski definition) is 2. The number of aliphatic hydroxyl groups excluding tert-OH is 1.